The van der Waals surface area contributed by atoms with Crippen molar-refractivity contribution in [2.75, 3.05) is 13.1 Å². The van der Waals surface area contributed by atoms with Gasteiger partial charge in [-0.1, -0.05) is 12.1 Å². The topological polar surface area (TPSA) is 107 Å². The third-order valence-electron chi connectivity index (χ3n) is 5.51. The molecular formula is C19H24N4O4. The van der Waals surface area contributed by atoms with Crippen LogP contribution in [0.3, 0.4) is 0 Å². The zero-order valence-corrected chi connectivity index (χ0v) is 15.1. The summed E-state index contributed by atoms with van der Waals surface area (Å²) in [5.74, 6) is -0.370. The molecule has 1 heterocycles. The van der Waals surface area contributed by atoms with Gasteiger partial charge in [-0.2, -0.15) is 0 Å². The van der Waals surface area contributed by atoms with Crippen LogP contribution in [0.2, 0.25) is 0 Å². The molecule has 4 rings (SSSR count). The smallest absolute Gasteiger partial charge is 0.326 e. The Hall–Kier alpha value is -2.61. The Morgan fingerprint density at radius 2 is 2.00 bits per heavy atom. The van der Waals surface area contributed by atoms with Crippen LogP contribution in [0.15, 0.2) is 29.1 Å². The van der Waals surface area contributed by atoms with Gasteiger partial charge in [-0.3, -0.25) is 19.1 Å². The highest BCUT2D eigenvalue weighted by Gasteiger charge is 2.37. The lowest BCUT2D eigenvalue weighted by molar-refractivity contribution is -0.140. The second kappa shape index (κ2) is 7.19. The van der Waals surface area contributed by atoms with Crippen molar-refractivity contribution in [1.82, 2.24) is 19.8 Å². The third kappa shape index (κ3) is 4.05. The average Bonchev–Trinajstić information content (AvgIpc) is 3.34. The number of hydrogen-bond donors (Lipinski definition) is 3. The summed E-state index contributed by atoms with van der Waals surface area (Å²) in [5.41, 5.74) is 1.12. The molecule has 0 atom stereocenters. The molecule has 8 nitrogen and oxygen atoms in total. The number of carboxylic acid groups (broad SMARTS) is 1. The first kappa shape index (κ1) is 17.8. The predicted molar refractivity (Wildman–Crippen MR) is 99.4 cm³/mol. The molecule has 2 aliphatic carbocycles. The standard InChI is InChI=1S/C19H24N4O4/c24-17(10-23-16-4-2-1-3-15(16)21-19(23)27)20-13-7-14(8-13)22(11-18(25)26)9-12-5-6-12/h1-4,12-14H,5-11H2,(H,20,24)(H,21,27)(H,25,26). The number of aromatic amines is 1. The van der Waals surface area contributed by atoms with Crippen molar-refractivity contribution in [3.05, 3.63) is 34.7 Å². The normalized spacial score (nSPS) is 22.0. The number of carboxylic acids is 1. The summed E-state index contributed by atoms with van der Waals surface area (Å²) in [6, 6.07) is 7.53. The molecule has 2 fully saturated rings. The number of hydrogen-bond acceptors (Lipinski definition) is 4. The number of aliphatic carboxylic acids is 1. The van der Waals surface area contributed by atoms with E-state index in [0.717, 1.165) is 19.4 Å². The van der Waals surface area contributed by atoms with Crippen LogP contribution in [0.5, 0.6) is 0 Å². The molecule has 1 aromatic carbocycles. The summed E-state index contributed by atoms with van der Waals surface area (Å²) >= 11 is 0. The summed E-state index contributed by atoms with van der Waals surface area (Å²) in [7, 11) is 0. The van der Waals surface area contributed by atoms with Crippen LogP contribution in [0.25, 0.3) is 11.0 Å². The lowest BCUT2D eigenvalue weighted by atomic mass is 9.85. The fraction of sp³-hybridized carbons (Fsp3) is 0.526. The lowest BCUT2D eigenvalue weighted by Crippen LogP contribution is -2.55. The van der Waals surface area contributed by atoms with E-state index in [4.69, 9.17) is 5.11 Å². The number of carbonyl (C=O) groups is 2. The van der Waals surface area contributed by atoms with Crippen LogP contribution in [0.1, 0.15) is 25.7 Å². The molecular weight excluding hydrogens is 348 g/mol. The molecule has 27 heavy (non-hydrogen) atoms. The largest absolute Gasteiger partial charge is 0.480 e. The van der Waals surface area contributed by atoms with Crippen molar-refractivity contribution < 1.29 is 14.7 Å². The summed E-state index contributed by atoms with van der Waals surface area (Å²) in [5, 5.41) is 12.1. The number of nitrogens with zero attached hydrogens (tertiary/aromatic N) is 2. The van der Waals surface area contributed by atoms with E-state index in [9.17, 15) is 14.4 Å². The molecule has 3 N–H and O–H groups in total. The Labute approximate surface area is 156 Å². The number of H-pyrrole nitrogens is 1. The molecule has 0 bridgehead atoms. The van der Waals surface area contributed by atoms with E-state index in [-0.39, 0.29) is 36.8 Å². The van der Waals surface area contributed by atoms with Crippen molar-refractivity contribution in [3.63, 3.8) is 0 Å². The Kier molecular flexibility index (Phi) is 4.73. The number of imidazole rings is 1. The fourth-order valence-corrected chi connectivity index (χ4v) is 3.83. The van der Waals surface area contributed by atoms with Crippen LogP contribution in [-0.4, -0.2) is 56.6 Å². The minimum absolute atomic E-state index is 0.0229. The van der Waals surface area contributed by atoms with Gasteiger partial charge in [0.05, 0.1) is 17.6 Å². The van der Waals surface area contributed by atoms with Gasteiger partial charge in [0, 0.05) is 18.6 Å². The van der Waals surface area contributed by atoms with E-state index in [2.05, 4.69) is 10.3 Å². The van der Waals surface area contributed by atoms with Crippen molar-refractivity contribution in [3.8, 4) is 0 Å². The van der Waals surface area contributed by atoms with Crippen molar-refractivity contribution >= 4 is 22.9 Å². The first-order valence-corrected chi connectivity index (χ1v) is 9.42. The molecule has 144 valence electrons. The second-order valence-corrected chi connectivity index (χ2v) is 7.69. The van der Waals surface area contributed by atoms with Gasteiger partial charge in [0.2, 0.25) is 5.91 Å². The Balaban J connectivity index is 1.31. The maximum Gasteiger partial charge on any atom is 0.326 e. The van der Waals surface area contributed by atoms with Crippen molar-refractivity contribution in [1.29, 1.82) is 0 Å². The van der Waals surface area contributed by atoms with Crippen LogP contribution in [-0.2, 0) is 16.1 Å². The summed E-state index contributed by atoms with van der Waals surface area (Å²) < 4.78 is 1.44. The van der Waals surface area contributed by atoms with Crippen molar-refractivity contribution in [2.24, 2.45) is 5.92 Å². The summed E-state index contributed by atoms with van der Waals surface area (Å²) in [4.78, 5) is 40.3. The van der Waals surface area contributed by atoms with E-state index in [1.54, 1.807) is 6.07 Å². The molecule has 1 amide bonds. The minimum atomic E-state index is -0.804. The molecule has 0 aliphatic heterocycles. The lowest BCUT2D eigenvalue weighted by Gasteiger charge is -2.42. The van der Waals surface area contributed by atoms with Crippen LogP contribution in [0, 0.1) is 5.92 Å². The highest BCUT2D eigenvalue weighted by Crippen LogP contribution is 2.33. The number of para-hydroxylation sites is 2. The maximum absolute atomic E-state index is 12.4. The van der Waals surface area contributed by atoms with Crippen molar-refractivity contribution in [2.45, 2.75) is 44.3 Å². The molecule has 0 radical (unpaired) electrons. The number of rotatable bonds is 8. The van der Waals surface area contributed by atoms with Gasteiger partial charge in [0.25, 0.3) is 0 Å². The Morgan fingerprint density at radius 1 is 1.26 bits per heavy atom. The van der Waals surface area contributed by atoms with Gasteiger partial charge in [-0.05, 0) is 43.7 Å². The quantitative estimate of drug-likeness (QED) is 0.635. The van der Waals surface area contributed by atoms with Gasteiger partial charge < -0.3 is 15.4 Å². The predicted octanol–water partition coefficient (Wildman–Crippen LogP) is 0.773. The molecule has 1 aromatic heterocycles. The number of aromatic nitrogens is 2. The molecule has 2 aliphatic rings. The van der Waals surface area contributed by atoms with Gasteiger partial charge in [-0.25, -0.2) is 4.79 Å². The molecule has 2 aromatic rings. The third-order valence-corrected chi connectivity index (χ3v) is 5.51. The summed E-state index contributed by atoms with van der Waals surface area (Å²) in [6.07, 6.45) is 3.88. The van der Waals surface area contributed by atoms with Gasteiger partial charge in [0.15, 0.2) is 0 Å². The molecule has 0 spiro atoms. The molecule has 2 saturated carbocycles. The average molecular weight is 372 g/mol. The SMILES string of the molecule is O=C(O)CN(CC1CC1)C1CC(NC(=O)Cn2c(=O)[nH]c3ccccc32)C1. The van der Waals surface area contributed by atoms with E-state index < -0.39 is 5.97 Å². The number of fused-ring (bicyclic) bond motifs is 1. The van der Waals surface area contributed by atoms with E-state index >= 15 is 0 Å². The van der Waals surface area contributed by atoms with Gasteiger partial charge in [-0.15, -0.1) is 0 Å². The van der Waals surface area contributed by atoms with Crippen LogP contribution >= 0.6 is 0 Å². The first-order valence-electron chi connectivity index (χ1n) is 9.42. The Morgan fingerprint density at radius 3 is 2.70 bits per heavy atom. The monoisotopic (exact) mass is 372 g/mol. The number of benzene rings is 1. The second-order valence-electron chi connectivity index (χ2n) is 7.69. The van der Waals surface area contributed by atoms with Crippen LogP contribution < -0.4 is 11.0 Å². The first-order chi connectivity index (χ1) is 13.0. The molecule has 8 heteroatoms. The van der Waals surface area contributed by atoms with Gasteiger partial charge in [0.1, 0.15) is 6.54 Å². The number of carbonyl (C=O) groups excluding carboxylic acids is 1. The highest BCUT2D eigenvalue weighted by atomic mass is 16.4. The number of nitrogens with one attached hydrogen (secondary N) is 2. The van der Waals surface area contributed by atoms with E-state index in [1.165, 1.54) is 17.4 Å². The van der Waals surface area contributed by atoms with Gasteiger partial charge >= 0.3 is 11.7 Å². The van der Waals surface area contributed by atoms with E-state index in [1.807, 2.05) is 23.1 Å². The zero-order chi connectivity index (χ0) is 19.0. The maximum atomic E-state index is 12.4. The number of amides is 1. The Bertz CT molecular complexity index is 908. The zero-order valence-electron chi connectivity index (χ0n) is 15.1. The highest BCUT2D eigenvalue weighted by molar-refractivity contribution is 5.80. The fourth-order valence-electron chi connectivity index (χ4n) is 3.83. The molecule has 0 saturated heterocycles. The summed E-state index contributed by atoms with van der Waals surface area (Å²) in [6.45, 7) is 0.875. The molecule has 0 unspecified atom stereocenters. The van der Waals surface area contributed by atoms with Crippen LogP contribution in [0.4, 0.5) is 0 Å². The minimum Gasteiger partial charge on any atom is -0.480 e. The van der Waals surface area contributed by atoms with E-state index in [0.29, 0.717) is 17.0 Å².